The highest BCUT2D eigenvalue weighted by Gasteiger charge is 2.47. The molecule has 0 aliphatic carbocycles. The van der Waals surface area contributed by atoms with Crippen LogP contribution in [-0.2, 0) is 20.9 Å². The van der Waals surface area contributed by atoms with E-state index in [2.05, 4.69) is 4.98 Å². The van der Waals surface area contributed by atoms with Crippen LogP contribution in [0.4, 0.5) is 0 Å². The molecule has 2 aliphatic heterocycles. The zero-order chi connectivity index (χ0) is 15.5. The summed E-state index contributed by atoms with van der Waals surface area (Å²) in [6.07, 6.45) is 3.92. The van der Waals surface area contributed by atoms with E-state index in [9.17, 15) is 9.59 Å². The first kappa shape index (κ1) is 15.0. The van der Waals surface area contributed by atoms with Gasteiger partial charge in [0.1, 0.15) is 0 Å². The summed E-state index contributed by atoms with van der Waals surface area (Å²) >= 11 is 0. The quantitative estimate of drug-likeness (QED) is 0.796. The van der Waals surface area contributed by atoms with Crippen molar-refractivity contribution in [2.24, 2.45) is 11.8 Å². The maximum Gasteiger partial charge on any atom is 0.228 e. The molecule has 3 rings (SSSR count). The summed E-state index contributed by atoms with van der Waals surface area (Å²) in [7, 11) is 1.59. The Bertz CT molecular complexity index is 549. The van der Waals surface area contributed by atoms with Gasteiger partial charge in [0.05, 0.1) is 18.9 Å². The first-order valence-corrected chi connectivity index (χ1v) is 7.63. The number of hydrogen-bond donors (Lipinski definition) is 0. The molecule has 2 fully saturated rings. The van der Waals surface area contributed by atoms with E-state index >= 15 is 0 Å². The number of carbonyl (C=O) groups is 2. The standard InChI is InChI=1S/C16H21N3O3/c1-22-6-4-15(20)18-9-13-10-19(16(21)14(13)11-18)8-12-3-2-5-17-7-12/h2-3,5,7,13-14H,4,6,8-11H2,1H3/t13-,14-/m1/s1. The summed E-state index contributed by atoms with van der Waals surface area (Å²) in [4.78, 5) is 32.3. The molecular weight excluding hydrogens is 282 g/mol. The molecule has 0 radical (unpaired) electrons. The molecule has 2 aliphatic rings. The molecule has 22 heavy (non-hydrogen) atoms. The van der Waals surface area contributed by atoms with Crippen LogP contribution in [0.25, 0.3) is 0 Å². The molecule has 1 aromatic heterocycles. The minimum atomic E-state index is -0.0387. The van der Waals surface area contributed by atoms with E-state index in [1.165, 1.54) is 0 Å². The fourth-order valence-corrected chi connectivity index (χ4v) is 3.35. The molecule has 0 spiro atoms. The Labute approximate surface area is 130 Å². The highest BCUT2D eigenvalue weighted by Crippen LogP contribution is 2.33. The number of carbonyl (C=O) groups excluding carboxylic acids is 2. The number of methoxy groups -OCH3 is 1. The van der Waals surface area contributed by atoms with Gasteiger partial charge in [-0.25, -0.2) is 0 Å². The number of hydrogen-bond acceptors (Lipinski definition) is 4. The maximum atomic E-state index is 12.5. The SMILES string of the molecule is COCCC(=O)N1C[C@@H]2CN(Cc3cccnc3)C(=O)[C@@H]2C1. The molecule has 2 amide bonds. The number of amides is 2. The van der Waals surface area contributed by atoms with Crippen LogP contribution < -0.4 is 0 Å². The summed E-state index contributed by atoms with van der Waals surface area (Å²) in [6, 6.07) is 3.86. The van der Waals surface area contributed by atoms with Crippen molar-refractivity contribution in [3.05, 3.63) is 30.1 Å². The van der Waals surface area contributed by atoms with Gasteiger partial charge < -0.3 is 14.5 Å². The number of nitrogens with zero attached hydrogens (tertiary/aromatic N) is 3. The summed E-state index contributed by atoms with van der Waals surface area (Å²) in [5.41, 5.74) is 1.05. The van der Waals surface area contributed by atoms with Crippen molar-refractivity contribution in [2.75, 3.05) is 33.4 Å². The predicted molar refractivity (Wildman–Crippen MR) is 79.7 cm³/mol. The summed E-state index contributed by atoms with van der Waals surface area (Å²) < 4.78 is 4.94. The van der Waals surface area contributed by atoms with Gasteiger partial charge in [-0.2, -0.15) is 0 Å². The molecule has 6 nitrogen and oxygen atoms in total. The normalized spacial score (nSPS) is 24.0. The lowest BCUT2D eigenvalue weighted by molar-refractivity contribution is -0.134. The van der Waals surface area contributed by atoms with Gasteiger partial charge in [0.15, 0.2) is 0 Å². The monoisotopic (exact) mass is 303 g/mol. The molecule has 0 aromatic carbocycles. The van der Waals surface area contributed by atoms with Crippen LogP contribution in [0.2, 0.25) is 0 Å². The molecule has 0 unspecified atom stereocenters. The first-order valence-electron chi connectivity index (χ1n) is 7.63. The van der Waals surface area contributed by atoms with Gasteiger partial charge in [-0.15, -0.1) is 0 Å². The maximum absolute atomic E-state index is 12.5. The zero-order valence-electron chi connectivity index (χ0n) is 12.8. The van der Waals surface area contributed by atoms with E-state index in [4.69, 9.17) is 4.74 Å². The number of fused-ring (bicyclic) bond motifs is 1. The Morgan fingerprint density at radius 2 is 2.27 bits per heavy atom. The molecule has 0 bridgehead atoms. The summed E-state index contributed by atoms with van der Waals surface area (Å²) in [5, 5.41) is 0. The highest BCUT2D eigenvalue weighted by molar-refractivity contribution is 5.84. The van der Waals surface area contributed by atoms with Crippen molar-refractivity contribution >= 4 is 11.8 Å². The van der Waals surface area contributed by atoms with Crippen LogP contribution in [0.3, 0.4) is 0 Å². The Kier molecular flexibility index (Phi) is 4.38. The van der Waals surface area contributed by atoms with Gasteiger partial charge in [0, 0.05) is 51.6 Å². The van der Waals surface area contributed by atoms with Gasteiger partial charge in [0.25, 0.3) is 0 Å². The van der Waals surface area contributed by atoms with Crippen molar-refractivity contribution < 1.29 is 14.3 Å². The fourth-order valence-electron chi connectivity index (χ4n) is 3.35. The second-order valence-corrected chi connectivity index (χ2v) is 5.99. The molecule has 0 saturated carbocycles. The minimum Gasteiger partial charge on any atom is -0.384 e. The van der Waals surface area contributed by atoms with E-state index in [1.54, 1.807) is 19.5 Å². The fraction of sp³-hybridized carbons (Fsp3) is 0.562. The van der Waals surface area contributed by atoms with Crippen LogP contribution in [-0.4, -0.2) is 59.9 Å². The summed E-state index contributed by atoms with van der Waals surface area (Å²) in [6.45, 7) is 3.01. The smallest absolute Gasteiger partial charge is 0.228 e. The van der Waals surface area contributed by atoms with Crippen molar-refractivity contribution in [3.63, 3.8) is 0 Å². The molecule has 1 aromatic rings. The lowest BCUT2D eigenvalue weighted by atomic mass is 10.0. The molecular formula is C16H21N3O3. The van der Waals surface area contributed by atoms with Gasteiger partial charge in [-0.3, -0.25) is 14.6 Å². The van der Waals surface area contributed by atoms with E-state index in [1.807, 2.05) is 21.9 Å². The number of rotatable bonds is 5. The second-order valence-electron chi connectivity index (χ2n) is 5.99. The van der Waals surface area contributed by atoms with E-state index in [0.717, 1.165) is 12.1 Å². The number of likely N-dealkylation sites (tertiary alicyclic amines) is 2. The second kappa shape index (κ2) is 6.44. The molecule has 0 N–H and O–H groups in total. The van der Waals surface area contributed by atoms with Crippen molar-refractivity contribution in [1.82, 2.24) is 14.8 Å². The number of aromatic nitrogens is 1. The van der Waals surface area contributed by atoms with Crippen molar-refractivity contribution in [3.8, 4) is 0 Å². The summed E-state index contributed by atoms with van der Waals surface area (Å²) in [5.74, 6) is 0.470. The number of pyridine rings is 1. The van der Waals surface area contributed by atoms with Crippen LogP contribution >= 0.6 is 0 Å². The van der Waals surface area contributed by atoms with Gasteiger partial charge >= 0.3 is 0 Å². The van der Waals surface area contributed by atoms with Crippen LogP contribution in [0.1, 0.15) is 12.0 Å². The molecule has 6 heteroatoms. The molecule has 2 saturated heterocycles. The van der Waals surface area contributed by atoms with Crippen molar-refractivity contribution in [1.29, 1.82) is 0 Å². The zero-order valence-corrected chi connectivity index (χ0v) is 12.8. The van der Waals surface area contributed by atoms with Crippen LogP contribution in [0, 0.1) is 11.8 Å². The van der Waals surface area contributed by atoms with Crippen molar-refractivity contribution in [2.45, 2.75) is 13.0 Å². The third-order valence-electron chi connectivity index (χ3n) is 4.49. The van der Waals surface area contributed by atoms with E-state index in [-0.39, 0.29) is 23.7 Å². The Balaban J connectivity index is 1.57. The van der Waals surface area contributed by atoms with Gasteiger partial charge in [0.2, 0.25) is 11.8 Å². The van der Waals surface area contributed by atoms with Crippen LogP contribution in [0.15, 0.2) is 24.5 Å². The Morgan fingerprint density at radius 3 is 2.95 bits per heavy atom. The minimum absolute atomic E-state index is 0.0387. The Hall–Kier alpha value is -1.95. The molecule has 2 atom stereocenters. The third kappa shape index (κ3) is 2.97. The molecule has 3 heterocycles. The largest absolute Gasteiger partial charge is 0.384 e. The third-order valence-corrected chi connectivity index (χ3v) is 4.49. The Morgan fingerprint density at radius 1 is 1.41 bits per heavy atom. The van der Waals surface area contributed by atoms with E-state index in [0.29, 0.717) is 32.7 Å². The molecule has 118 valence electrons. The first-order chi connectivity index (χ1) is 10.7. The predicted octanol–water partition coefficient (Wildman–Crippen LogP) is 0.535. The number of ether oxygens (including phenoxy) is 1. The van der Waals surface area contributed by atoms with Gasteiger partial charge in [-0.05, 0) is 11.6 Å². The highest BCUT2D eigenvalue weighted by atomic mass is 16.5. The lowest BCUT2D eigenvalue weighted by Gasteiger charge is -2.21. The van der Waals surface area contributed by atoms with Crippen LogP contribution in [0.5, 0.6) is 0 Å². The average molecular weight is 303 g/mol. The average Bonchev–Trinajstić information content (AvgIpc) is 3.07. The van der Waals surface area contributed by atoms with Gasteiger partial charge in [-0.1, -0.05) is 6.07 Å². The van der Waals surface area contributed by atoms with E-state index < -0.39 is 0 Å². The lowest BCUT2D eigenvalue weighted by Crippen LogP contribution is -2.35. The topological polar surface area (TPSA) is 62.7 Å².